The minimum Gasteiger partial charge on any atom is -0.364 e. The zero-order chi connectivity index (χ0) is 21.2. The Hall–Kier alpha value is -2.46. The first-order chi connectivity index (χ1) is 14.4. The average molecular weight is 436 g/mol. The Bertz CT molecular complexity index is 997. The van der Waals surface area contributed by atoms with Crippen LogP contribution in [0.2, 0.25) is 0 Å². The second kappa shape index (κ2) is 8.35. The molecule has 0 bridgehead atoms. The van der Waals surface area contributed by atoms with Gasteiger partial charge in [-0.2, -0.15) is 4.31 Å². The molecule has 1 aliphatic carbocycles. The molecule has 0 radical (unpaired) electrons. The van der Waals surface area contributed by atoms with Gasteiger partial charge in [0.05, 0.1) is 5.69 Å². The van der Waals surface area contributed by atoms with Gasteiger partial charge in [0.1, 0.15) is 17.8 Å². The van der Waals surface area contributed by atoms with E-state index < -0.39 is 10.0 Å². The number of guanidine groups is 1. The fourth-order valence-electron chi connectivity index (χ4n) is 3.93. The molecule has 8 nitrogen and oxygen atoms in total. The molecule has 0 spiro atoms. The number of benzene rings is 1. The van der Waals surface area contributed by atoms with E-state index in [2.05, 4.69) is 15.5 Å². The molecule has 1 N–H and O–H groups in total. The van der Waals surface area contributed by atoms with Gasteiger partial charge in [0.2, 0.25) is 10.0 Å². The zero-order valence-electron chi connectivity index (χ0n) is 16.9. The highest BCUT2D eigenvalue weighted by atomic mass is 32.2. The van der Waals surface area contributed by atoms with Gasteiger partial charge in [-0.1, -0.05) is 23.4 Å². The molecule has 2 heterocycles. The summed E-state index contributed by atoms with van der Waals surface area (Å²) in [4.78, 5) is 6.40. The van der Waals surface area contributed by atoms with E-state index in [0.29, 0.717) is 44.4 Å². The minimum atomic E-state index is -3.45. The summed E-state index contributed by atoms with van der Waals surface area (Å²) in [6.07, 6.45) is 3.24. The van der Waals surface area contributed by atoms with Crippen LogP contribution in [0.3, 0.4) is 0 Å². The zero-order valence-corrected chi connectivity index (χ0v) is 17.7. The molecule has 0 amide bonds. The van der Waals surface area contributed by atoms with Crippen LogP contribution in [0.15, 0.2) is 46.1 Å². The first kappa shape index (κ1) is 20.8. The van der Waals surface area contributed by atoms with Crippen molar-refractivity contribution in [3.05, 3.63) is 53.7 Å². The summed E-state index contributed by atoms with van der Waals surface area (Å²) in [5, 5.41) is 7.07. The summed E-state index contributed by atoms with van der Waals surface area (Å²) in [5.74, 6) is 0.380. The molecule has 2 fully saturated rings. The van der Waals surface area contributed by atoms with Crippen LogP contribution in [0.5, 0.6) is 0 Å². The van der Waals surface area contributed by atoms with Crippen molar-refractivity contribution in [2.75, 3.05) is 39.8 Å². The number of halogens is 1. The number of piperazine rings is 1. The molecule has 30 heavy (non-hydrogen) atoms. The van der Waals surface area contributed by atoms with Gasteiger partial charge in [-0.25, -0.2) is 12.8 Å². The fraction of sp³-hybridized carbons (Fsp3) is 0.500. The monoisotopic (exact) mass is 435 g/mol. The van der Waals surface area contributed by atoms with Crippen LogP contribution in [-0.4, -0.2) is 68.5 Å². The Kier molecular flexibility index (Phi) is 5.79. The fourth-order valence-corrected chi connectivity index (χ4v) is 5.36. The summed E-state index contributed by atoms with van der Waals surface area (Å²) >= 11 is 0. The molecule has 0 unspecified atom stereocenters. The lowest BCUT2D eigenvalue weighted by atomic mass is 9.95. The highest BCUT2D eigenvalue weighted by Crippen LogP contribution is 2.48. The number of sulfonamides is 1. The second-order valence-electron chi connectivity index (χ2n) is 7.79. The van der Waals surface area contributed by atoms with E-state index in [-0.39, 0.29) is 17.0 Å². The number of rotatable bonds is 6. The molecule has 2 aliphatic rings. The van der Waals surface area contributed by atoms with Crippen molar-refractivity contribution in [3.63, 3.8) is 0 Å². The van der Waals surface area contributed by atoms with Crippen molar-refractivity contribution in [1.82, 2.24) is 19.7 Å². The van der Waals surface area contributed by atoms with Gasteiger partial charge in [0, 0.05) is 51.3 Å². The molecule has 1 saturated carbocycles. The Morgan fingerprint density at radius 2 is 1.97 bits per heavy atom. The smallest absolute Gasteiger partial charge is 0.220 e. The molecular formula is C20H26FN5O3S. The summed E-state index contributed by atoms with van der Waals surface area (Å²) < 4.78 is 45.6. The molecule has 0 atom stereocenters. The van der Waals surface area contributed by atoms with Crippen LogP contribution in [0.4, 0.5) is 4.39 Å². The van der Waals surface area contributed by atoms with Gasteiger partial charge >= 0.3 is 0 Å². The van der Waals surface area contributed by atoms with Gasteiger partial charge in [0.15, 0.2) is 5.96 Å². The van der Waals surface area contributed by atoms with Gasteiger partial charge in [-0.05, 0) is 24.5 Å². The number of aliphatic imine (C=N–C) groups is 1. The number of nitrogens with one attached hydrogen (secondary N) is 1. The van der Waals surface area contributed by atoms with Crippen LogP contribution in [0.25, 0.3) is 0 Å². The highest BCUT2D eigenvalue weighted by molar-refractivity contribution is 7.88. The number of hydrogen-bond acceptors (Lipinski definition) is 5. The van der Waals surface area contributed by atoms with Crippen molar-refractivity contribution in [2.24, 2.45) is 4.99 Å². The second-order valence-corrected chi connectivity index (χ2v) is 9.76. The third-order valence-corrected chi connectivity index (χ3v) is 7.66. The molecule has 4 rings (SSSR count). The highest BCUT2D eigenvalue weighted by Gasteiger charge is 2.46. The predicted molar refractivity (Wildman–Crippen MR) is 111 cm³/mol. The van der Waals surface area contributed by atoms with Gasteiger partial charge in [0.25, 0.3) is 0 Å². The topological polar surface area (TPSA) is 91.0 Å². The van der Waals surface area contributed by atoms with E-state index in [0.717, 1.165) is 18.4 Å². The first-order valence-electron chi connectivity index (χ1n) is 10.0. The third-order valence-electron chi connectivity index (χ3n) is 5.85. The van der Waals surface area contributed by atoms with E-state index in [1.807, 2.05) is 17.0 Å². The molecular weight excluding hydrogens is 409 g/mol. The normalized spacial score (nSPS) is 19.7. The summed E-state index contributed by atoms with van der Waals surface area (Å²) in [5.41, 5.74) is 0.957. The van der Waals surface area contributed by atoms with Gasteiger partial charge in [-0.15, -0.1) is 0 Å². The SMILES string of the molecule is CN=C(NCC1(c2ccccc2F)CC1)N1CCN(S(=O)(=O)Cc2ccon2)CC1. The van der Waals surface area contributed by atoms with Gasteiger partial charge in [-0.3, -0.25) is 4.99 Å². The predicted octanol–water partition coefficient (Wildman–Crippen LogP) is 1.57. The summed E-state index contributed by atoms with van der Waals surface area (Å²) in [6, 6.07) is 8.49. The quantitative estimate of drug-likeness (QED) is 0.547. The summed E-state index contributed by atoms with van der Waals surface area (Å²) in [6.45, 7) is 2.42. The van der Waals surface area contributed by atoms with E-state index in [1.165, 1.54) is 16.6 Å². The largest absolute Gasteiger partial charge is 0.364 e. The van der Waals surface area contributed by atoms with Crippen molar-refractivity contribution in [1.29, 1.82) is 0 Å². The van der Waals surface area contributed by atoms with Crippen LogP contribution in [0, 0.1) is 5.82 Å². The molecule has 1 aliphatic heterocycles. The Labute approximate surface area is 175 Å². The molecule has 1 aromatic heterocycles. The maximum Gasteiger partial charge on any atom is 0.220 e. The molecule has 1 aromatic carbocycles. The Morgan fingerprint density at radius 3 is 2.57 bits per heavy atom. The molecule has 10 heteroatoms. The minimum absolute atomic E-state index is 0.165. The molecule has 2 aromatic rings. The standard InChI is InChI=1S/C20H26FN5O3S/c1-22-19(23-15-20(7-8-20)17-4-2-3-5-18(17)21)25-9-11-26(12-10-25)30(27,28)14-16-6-13-29-24-16/h2-6,13H,7-12,14-15H2,1H3,(H,22,23). The van der Waals surface area contributed by atoms with Crippen LogP contribution in [-0.2, 0) is 21.2 Å². The third kappa shape index (κ3) is 4.34. The number of nitrogens with zero attached hydrogens (tertiary/aromatic N) is 4. The van der Waals surface area contributed by atoms with E-state index in [1.54, 1.807) is 19.2 Å². The van der Waals surface area contributed by atoms with Gasteiger partial charge < -0.3 is 14.7 Å². The molecule has 162 valence electrons. The lowest BCUT2D eigenvalue weighted by Crippen LogP contribution is -2.54. The lowest BCUT2D eigenvalue weighted by Gasteiger charge is -2.36. The first-order valence-corrected chi connectivity index (χ1v) is 11.6. The Morgan fingerprint density at radius 1 is 1.23 bits per heavy atom. The van der Waals surface area contributed by atoms with Crippen LogP contribution in [0.1, 0.15) is 24.1 Å². The van der Waals surface area contributed by atoms with Crippen LogP contribution >= 0.6 is 0 Å². The van der Waals surface area contributed by atoms with Crippen molar-refractivity contribution in [2.45, 2.75) is 24.0 Å². The van der Waals surface area contributed by atoms with Crippen molar-refractivity contribution < 1.29 is 17.3 Å². The van der Waals surface area contributed by atoms with E-state index >= 15 is 0 Å². The maximum absolute atomic E-state index is 14.2. The van der Waals surface area contributed by atoms with Crippen molar-refractivity contribution >= 4 is 16.0 Å². The van der Waals surface area contributed by atoms with E-state index in [4.69, 9.17) is 4.52 Å². The molecule has 1 saturated heterocycles. The number of hydrogen-bond donors (Lipinski definition) is 1. The van der Waals surface area contributed by atoms with E-state index in [9.17, 15) is 12.8 Å². The average Bonchev–Trinajstić information content (AvgIpc) is 3.36. The lowest BCUT2D eigenvalue weighted by molar-refractivity contribution is 0.259. The maximum atomic E-state index is 14.2. The van der Waals surface area contributed by atoms with Crippen LogP contribution < -0.4 is 5.32 Å². The number of aromatic nitrogens is 1. The Balaban J connectivity index is 1.33. The van der Waals surface area contributed by atoms with Crippen molar-refractivity contribution in [3.8, 4) is 0 Å². The summed E-state index contributed by atoms with van der Waals surface area (Å²) in [7, 11) is -1.74.